The van der Waals surface area contributed by atoms with Crippen LogP contribution in [0.1, 0.15) is 0 Å². The van der Waals surface area contributed by atoms with E-state index in [1.54, 1.807) is 6.07 Å². The Labute approximate surface area is 102 Å². The van der Waals surface area contributed by atoms with Crippen LogP contribution in [0.2, 0.25) is 5.02 Å². The maximum absolute atomic E-state index is 13.5. The largest absolute Gasteiger partial charge is 0.436 e. The van der Waals surface area contributed by atoms with Crippen LogP contribution in [0.15, 0.2) is 30.3 Å². The van der Waals surface area contributed by atoms with Crippen LogP contribution in [0, 0.1) is 5.82 Å². The third-order valence-corrected chi connectivity index (χ3v) is 2.35. The van der Waals surface area contributed by atoms with Gasteiger partial charge in [0, 0.05) is 6.07 Å². The molecule has 1 aromatic carbocycles. The van der Waals surface area contributed by atoms with Gasteiger partial charge >= 0.3 is 0 Å². The van der Waals surface area contributed by atoms with Crippen LogP contribution in [0.3, 0.4) is 0 Å². The fourth-order valence-corrected chi connectivity index (χ4v) is 1.37. The molecule has 0 aliphatic rings. The third-order valence-electron chi connectivity index (χ3n) is 2.06. The van der Waals surface area contributed by atoms with Gasteiger partial charge in [0.25, 0.3) is 0 Å². The summed E-state index contributed by atoms with van der Waals surface area (Å²) in [4.78, 5) is 3.86. The van der Waals surface area contributed by atoms with Crippen LogP contribution in [0.4, 0.5) is 15.9 Å². The molecule has 0 radical (unpaired) electrons. The van der Waals surface area contributed by atoms with Crippen LogP contribution in [0.5, 0.6) is 11.6 Å². The van der Waals surface area contributed by atoms with E-state index in [0.29, 0.717) is 5.69 Å². The third kappa shape index (κ3) is 2.39. The molecule has 4 nitrogen and oxygen atoms in total. The first-order valence-electron chi connectivity index (χ1n) is 4.72. The first-order valence-corrected chi connectivity index (χ1v) is 5.09. The number of hydrogen-bond donors (Lipinski definition) is 2. The van der Waals surface area contributed by atoms with Gasteiger partial charge in [0.1, 0.15) is 0 Å². The highest BCUT2D eigenvalue weighted by Crippen LogP contribution is 2.28. The molecule has 0 atom stereocenters. The molecule has 4 N–H and O–H groups in total. The number of pyridine rings is 1. The highest BCUT2D eigenvalue weighted by atomic mass is 35.5. The van der Waals surface area contributed by atoms with Crippen molar-refractivity contribution in [1.29, 1.82) is 0 Å². The van der Waals surface area contributed by atoms with Gasteiger partial charge in [-0.3, -0.25) is 0 Å². The molecular formula is C11H9ClFN3O. The van der Waals surface area contributed by atoms with E-state index in [0.717, 1.165) is 0 Å². The molecule has 0 bridgehead atoms. The Hall–Kier alpha value is -2.01. The van der Waals surface area contributed by atoms with E-state index in [1.165, 1.54) is 24.3 Å². The number of nitrogens with two attached hydrogens (primary N) is 2. The topological polar surface area (TPSA) is 74.2 Å². The molecule has 0 spiro atoms. The molecule has 0 aliphatic heterocycles. The SMILES string of the molecule is Nc1ccc(Oc2cccc(Cl)c2F)nc1N. The minimum Gasteiger partial charge on any atom is -0.436 e. The highest BCUT2D eigenvalue weighted by molar-refractivity contribution is 6.30. The molecule has 0 fully saturated rings. The summed E-state index contributed by atoms with van der Waals surface area (Å²) in [5.41, 5.74) is 11.3. The second-order valence-electron chi connectivity index (χ2n) is 3.28. The molecule has 1 heterocycles. The summed E-state index contributed by atoms with van der Waals surface area (Å²) in [6.45, 7) is 0. The summed E-state index contributed by atoms with van der Waals surface area (Å²) in [6, 6.07) is 7.46. The zero-order valence-corrected chi connectivity index (χ0v) is 9.41. The quantitative estimate of drug-likeness (QED) is 0.863. The molecule has 2 rings (SSSR count). The van der Waals surface area contributed by atoms with E-state index in [9.17, 15) is 4.39 Å². The number of nitrogens with zero attached hydrogens (tertiary/aromatic N) is 1. The number of halogens is 2. The summed E-state index contributed by atoms with van der Waals surface area (Å²) < 4.78 is 18.7. The van der Waals surface area contributed by atoms with E-state index >= 15 is 0 Å². The van der Waals surface area contributed by atoms with Gasteiger partial charge < -0.3 is 16.2 Å². The standard InChI is InChI=1S/C11H9ClFN3O/c12-6-2-1-3-8(10(6)13)17-9-5-4-7(14)11(15)16-9/h1-5H,14H2,(H2,15,16). The second kappa shape index (κ2) is 4.47. The Morgan fingerprint density at radius 2 is 1.94 bits per heavy atom. The molecule has 2 aromatic rings. The monoisotopic (exact) mass is 253 g/mol. The number of aromatic nitrogens is 1. The lowest BCUT2D eigenvalue weighted by atomic mass is 10.3. The summed E-state index contributed by atoms with van der Waals surface area (Å²) in [5, 5.41) is -0.0223. The van der Waals surface area contributed by atoms with Crippen molar-refractivity contribution < 1.29 is 9.13 Å². The summed E-state index contributed by atoms with van der Waals surface area (Å²) in [6.07, 6.45) is 0. The van der Waals surface area contributed by atoms with Crippen molar-refractivity contribution in [2.45, 2.75) is 0 Å². The zero-order chi connectivity index (χ0) is 12.4. The molecule has 1 aromatic heterocycles. The van der Waals surface area contributed by atoms with Gasteiger partial charge in [-0.05, 0) is 18.2 Å². The molecule has 6 heteroatoms. The molecule has 0 aliphatic carbocycles. The lowest BCUT2D eigenvalue weighted by molar-refractivity contribution is 0.428. The lowest BCUT2D eigenvalue weighted by Crippen LogP contribution is -1.99. The van der Waals surface area contributed by atoms with Crippen molar-refractivity contribution >= 4 is 23.1 Å². The van der Waals surface area contributed by atoms with Gasteiger partial charge in [-0.1, -0.05) is 17.7 Å². The Bertz CT molecular complexity index is 562. The summed E-state index contributed by atoms with van der Waals surface area (Å²) in [7, 11) is 0. The molecule has 0 amide bonds. The van der Waals surface area contributed by atoms with Gasteiger partial charge in [-0.25, -0.2) is 4.39 Å². The Morgan fingerprint density at radius 1 is 1.18 bits per heavy atom. The number of nitrogen functional groups attached to an aromatic ring is 2. The van der Waals surface area contributed by atoms with Crippen molar-refractivity contribution in [1.82, 2.24) is 4.98 Å². The highest BCUT2D eigenvalue weighted by Gasteiger charge is 2.09. The molecule has 0 saturated heterocycles. The molecular weight excluding hydrogens is 245 g/mol. The minimum absolute atomic E-state index is 0.0193. The molecule has 17 heavy (non-hydrogen) atoms. The van der Waals surface area contributed by atoms with Gasteiger partial charge in [0.15, 0.2) is 17.4 Å². The van der Waals surface area contributed by atoms with Crippen LogP contribution < -0.4 is 16.2 Å². The fourth-order valence-electron chi connectivity index (χ4n) is 1.20. The Kier molecular flexibility index (Phi) is 3.01. The normalized spacial score (nSPS) is 10.2. The maximum atomic E-state index is 13.5. The van der Waals surface area contributed by atoms with E-state index in [1.807, 2.05) is 0 Å². The zero-order valence-electron chi connectivity index (χ0n) is 8.65. The average molecular weight is 254 g/mol. The Balaban J connectivity index is 2.31. The van der Waals surface area contributed by atoms with E-state index in [4.69, 9.17) is 27.8 Å². The molecule has 88 valence electrons. The fraction of sp³-hybridized carbons (Fsp3) is 0. The maximum Gasteiger partial charge on any atom is 0.221 e. The van der Waals surface area contributed by atoms with Crippen molar-refractivity contribution in [3.63, 3.8) is 0 Å². The number of benzene rings is 1. The van der Waals surface area contributed by atoms with Gasteiger partial charge in [-0.15, -0.1) is 0 Å². The number of rotatable bonds is 2. The average Bonchev–Trinajstić information content (AvgIpc) is 2.30. The first-order chi connectivity index (χ1) is 8.08. The smallest absolute Gasteiger partial charge is 0.221 e. The predicted molar refractivity (Wildman–Crippen MR) is 64.5 cm³/mol. The molecule has 0 unspecified atom stereocenters. The van der Waals surface area contributed by atoms with Crippen molar-refractivity contribution in [3.05, 3.63) is 41.2 Å². The van der Waals surface area contributed by atoms with Crippen LogP contribution in [0.25, 0.3) is 0 Å². The number of hydrogen-bond acceptors (Lipinski definition) is 4. The van der Waals surface area contributed by atoms with Crippen molar-refractivity contribution in [2.75, 3.05) is 11.5 Å². The number of ether oxygens (including phenoxy) is 1. The predicted octanol–water partition coefficient (Wildman–Crippen LogP) is 2.83. The second-order valence-corrected chi connectivity index (χ2v) is 3.69. The van der Waals surface area contributed by atoms with Crippen LogP contribution in [-0.2, 0) is 0 Å². The van der Waals surface area contributed by atoms with E-state index in [-0.39, 0.29) is 22.5 Å². The minimum atomic E-state index is -0.647. The van der Waals surface area contributed by atoms with E-state index < -0.39 is 5.82 Å². The van der Waals surface area contributed by atoms with Crippen LogP contribution in [-0.4, -0.2) is 4.98 Å². The Morgan fingerprint density at radius 3 is 2.65 bits per heavy atom. The van der Waals surface area contributed by atoms with Gasteiger partial charge in [-0.2, -0.15) is 4.98 Å². The summed E-state index contributed by atoms with van der Waals surface area (Å²) >= 11 is 5.62. The molecule has 0 saturated carbocycles. The van der Waals surface area contributed by atoms with Gasteiger partial charge in [0.05, 0.1) is 10.7 Å². The van der Waals surface area contributed by atoms with E-state index in [2.05, 4.69) is 4.98 Å². The van der Waals surface area contributed by atoms with Crippen molar-refractivity contribution in [2.24, 2.45) is 0 Å². The van der Waals surface area contributed by atoms with Crippen LogP contribution >= 0.6 is 11.6 Å². The lowest BCUT2D eigenvalue weighted by Gasteiger charge is -2.07. The van der Waals surface area contributed by atoms with Gasteiger partial charge in [0.2, 0.25) is 5.88 Å². The summed E-state index contributed by atoms with van der Waals surface area (Å²) in [5.74, 6) is -0.386. The number of anilines is 2. The van der Waals surface area contributed by atoms with Crippen molar-refractivity contribution in [3.8, 4) is 11.6 Å². The first kappa shape index (κ1) is 11.5.